The summed E-state index contributed by atoms with van der Waals surface area (Å²) < 4.78 is 0. The van der Waals surface area contributed by atoms with E-state index in [2.05, 4.69) is 19.9 Å². The molecule has 2 aromatic heterocycles. The molecule has 5 nitrogen and oxygen atoms in total. The molecule has 7 heteroatoms. The van der Waals surface area contributed by atoms with Crippen LogP contribution in [0.15, 0.2) is 16.0 Å². The zero-order chi connectivity index (χ0) is 13.1. The van der Waals surface area contributed by atoms with Crippen LogP contribution in [0.1, 0.15) is 24.1 Å². The van der Waals surface area contributed by atoms with E-state index in [1.54, 1.807) is 6.92 Å². The molecule has 2 aromatic rings. The molecule has 0 bridgehead atoms. The van der Waals surface area contributed by atoms with Crippen LogP contribution in [0.4, 0.5) is 0 Å². The van der Waals surface area contributed by atoms with E-state index >= 15 is 0 Å². The van der Waals surface area contributed by atoms with Crippen molar-refractivity contribution in [2.75, 3.05) is 0 Å². The lowest BCUT2D eigenvalue weighted by molar-refractivity contribution is 0.904. The van der Waals surface area contributed by atoms with Gasteiger partial charge in [0.15, 0.2) is 10.3 Å². The first-order chi connectivity index (χ1) is 8.58. The fourth-order valence-electron chi connectivity index (χ4n) is 1.46. The minimum absolute atomic E-state index is 0.144. The molecule has 0 unspecified atom stereocenters. The Morgan fingerprint density at radius 3 is 2.78 bits per heavy atom. The van der Waals surface area contributed by atoms with Gasteiger partial charge in [-0.3, -0.25) is 4.79 Å². The molecular formula is C11H13ClN4OS. The van der Waals surface area contributed by atoms with Crippen molar-refractivity contribution in [1.82, 2.24) is 19.9 Å². The molecule has 2 N–H and O–H groups in total. The van der Waals surface area contributed by atoms with Gasteiger partial charge in [0.05, 0.1) is 5.69 Å². The molecule has 0 aliphatic rings. The molecular weight excluding hydrogens is 272 g/mol. The van der Waals surface area contributed by atoms with Gasteiger partial charge in [-0.25, -0.2) is 9.97 Å². The van der Waals surface area contributed by atoms with E-state index in [0.29, 0.717) is 21.8 Å². The van der Waals surface area contributed by atoms with E-state index in [1.165, 1.54) is 17.8 Å². The Labute approximate surface area is 113 Å². The second-order valence-corrected chi connectivity index (χ2v) is 5.11. The summed E-state index contributed by atoms with van der Waals surface area (Å²) in [5, 5.41) is 1.07. The zero-order valence-corrected chi connectivity index (χ0v) is 11.7. The maximum absolute atomic E-state index is 11.3. The molecule has 2 rings (SSSR count). The molecule has 0 aromatic carbocycles. The zero-order valence-electron chi connectivity index (χ0n) is 10.1. The summed E-state index contributed by atoms with van der Waals surface area (Å²) in [5.74, 6) is 1.46. The largest absolute Gasteiger partial charge is 0.344 e. The summed E-state index contributed by atoms with van der Waals surface area (Å²) >= 11 is 7.42. The standard InChI is InChI=1S/C11H13ClN4OS/c1-3-8-14-7(10(12)15-8)5-18-11-13-6(2)4-9(17)16-11/h4H,3,5H2,1-2H3,(H,14,15)(H,13,16,17). The number of nitrogens with one attached hydrogen (secondary N) is 2. The van der Waals surface area contributed by atoms with Crippen molar-refractivity contribution in [3.63, 3.8) is 0 Å². The predicted octanol–water partition coefficient (Wildman–Crippen LogP) is 2.31. The highest BCUT2D eigenvalue weighted by Gasteiger charge is 2.08. The highest BCUT2D eigenvalue weighted by atomic mass is 35.5. The molecule has 96 valence electrons. The van der Waals surface area contributed by atoms with Crippen LogP contribution in [-0.2, 0) is 12.2 Å². The van der Waals surface area contributed by atoms with Crippen LogP contribution in [0.3, 0.4) is 0 Å². The van der Waals surface area contributed by atoms with Gasteiger partial charge in [0.2, 0.25) is 0 Å². The van der Waals surface area contributed by atoms with Gasteiger partial charge in [-0.05, 0) is 6.92 Å². The number of thioether (sulfide) groups is 1. The van der Waals surface area contributed by atoms with Gasteiger partial charge in [-0.2, -0.15) is 0 Å². The molecule has 0 saturated carbocycles. The van der Waals surface area contributed by atoms with Gasteiger partial charge in [0.25, 0.3) is 5.56 Å². The number of hydrogen-bond donors (Lipinski definition) is 2. The highest BCUT2D eigenvalue weighted by molar-refractivity contribution is 7.98. The van der Waals surface area contributed by atoms with E-state index in [-0.39, 0.29) is 5.56 Å². The number of aryl methyl sites for hydroxylation is 2. The lowest BCUT2D eigenvalue weighted by atomic mass is 10.5. The van der Waals surface area contributed by atoms with Gasteiger partial charge >= 0.3 is 0 Å². The summed E-state index contributed by atoms with van der Waals surface area (Å²) in [6.07, 6.45) is 0.809. The van der Waals surface area contributed by atoms with Crippen LogP contribution in [-0.4, -0.2) is 19.9 Å². The van der Waals surface area contributed by atoms with Crippen molar-refractivity contribution in [3.05, 3.63) is 38.8 Å². The summed E-state index contributed by atoms with van der Waals surface area (Å²) in [4.78, 5) is 25.5. The van der Waals surface area contributed by atoms with Crippen LogP contribution in [0, 0.1) is 6.92 Å². The molecule has 0 spiro atoms. The van der Waals surface area contributed by atoms with Crippen LogP contribution >= 0.6 is 23.4 Å². The quantitative estimate of drug-likeness (QED) is 0.667. The van der Waals surface area contributed by atoms with E-state index in [4.69, 9.17) is 11.6 Å². The van der Waals surface area contributed by atoms with Crippen molar-refractivity contribution >= 4 is 23.4 Å². The smallest absolute Gasteiger partial charge is 0.251 e. The monoisotopic (exact) mass is 284 g/mol. The second-order valence-electron chi connectivity index (χ2n) is 3.79. The number of rotatable bonds is 4. The van der Waals surface area contributed by atoms with Crippen molar-refractivity contribution < 1.29 is 0 Å². The Bertz CT molecular complexity index is 607. The summed E-state index contributed by atoms with van der Waals surface area (Å²) in [6.45, 7) is 3.79. The van der Waals surface area contributed by atoms with Crippen molar-refractivity contribution in [2.45, 2.75) is 31.2 Å². The average molecular weight is 285 g/mol. The summed E-state index contributed by atoms with van der Waals surface area (Å²) in [7, 11) is 0. The third kappa shape index (κ3) is 3.14. The maximum atomic E-state index is 11.3. The lowest BCUT2D eigenvalue weighted by Gasteiger charge is -2.00. The fraction of sp³-hybridized carbons (Fsp3) is 0.364. The Kier molecular flexibility index (Phi) is 4.08. The van der Waals surface area contributed by atoms with Gasteiger partial charge in [0.1, 0.15) is 5.82 Å². The van der Waals surface area contributed by atoms with Gasteiger partial charge in [-0.1, -0.05) is 30.3 Å². The molecule has 0 aliphatic carbocycles. The number of imidazole rings is 1. The third-order valence-corrected chi connectivity index (χ3v) is 3.53. The predicted molar refractivity (Wildman–Crippen MR) is 72.1 cm³/mol. The minimum Gasteiger partial charge on any atom is -0.344 e. The Hall–Kier alpha value is -1.27. The normalized spacial score (nSPS) is 10.8. The van der Waals surface area contributed by atoms with Crippen LogP contribution < -0.4 is 5.56 Å². The van der Waals surface area contributed by atoms with E-state index < -0.39 is 0 Å². The number of hydrogen-bond acceptors (Lipinski definition) is 4. The third-order valence-electron chi connectivity index (χ3n) is 2.31. The molecule has 0 atom stereocenters. The SMILES string of the molecule is CCc1nc(Cl)c(CSc2nc(C)cc(=O)[nH]2)[nH]1. The molecule has 0 aliphatic heterocycles. The number of H-pyrrole nitrogens is 2. The number of nitrogens with zero attached hydrogens (tertiary/aromatic N) is 2. The van der Waals surface area contributed by atoms with E-state index in [9.17, 15) is 4.79 Å². The maximum Gasteiger partial charge on any atom is 0.251 e. The second kappa shape index (κ2) is 5.58. The molecule has 2 heterocycles. The first-order valence-electron chi connectivity index (χ1n) is 5.52. The first-order valence-corrected chi connectivity index (χ1v) is 6.89. The van der Waals surface area contributed by atoms with E-state index in [0.717, 1.165) is 17.9 Å². The Balaban J connectivity index is 2.11. The number of aromatic nitrogens is 4. The van der Waals surface area contributed by atoms with Gasteiger partial charge in [-0.15, -0.1) is 0 Å². The minimum atomic E-state index is -0.144. The highest BCUT2D eigenvalue weighted by Crippen LogP contribution is 2.22. The van der Waals surface area contributed by atoms with E-state index in [1.807, 2.05) is 6.92 Å². The number of halogens is 1. The summed E-state index contributed by atoms with van der Waals surface area (Å²) in [6, 6.07) is 1.46. The first kappa shape index (κ1) is 13.2. The van der Waals surface area contributed by atoms with Crippen LogP contribution in [0.2, 0.25) is 5.15 Å². The van der Waals surface area contributed by atoms with Crippen molar-refractivity contribution in [1.29, 1.82) is 0 Å². The van der Waals surface area contributed by atoms with Gasteiger partial charge < -0.3 is 9.97 Å². The summed E-state index contributed by atoms with van der Waals surface area (Å²) in [5.41, 5.74) is 1.41. The number of aromatic amines is 2. The van der Waals surface area contributed by atoms with Crippen LogP contribution in [0.25, 0.3) is 0 Å². The van der Waals surface area contributed by atoms with Crippen LogP contribution in [0.5, 0.6) is 0 Å². The Morgan fingerprint density at radius 1 is 1.39 bits per heavy atom. The fourth-order valence-corrected chi connectivity index (χ4v) is 2.63. The lowest BCUT2D eigenvalue weighted by Crippen LogP contribution is -2.08. The average Bonchev–Trinajstić information content (AvgIpc) is 2.66. The topological polar surface area (TPSA) is 74.4 Å². The molecule has 0 radical (unpaired) electrons. The molecule has 0 saturated heterocycles. The van der Waals surface area contributed by atoms with Crippen molar-refractivity contribution in [3.8, 4) is 0 Å². The molecule has 0 fully saturated rings. The Morgan fingerprint density at radius 2 is 2.17 bits per heavy atom. The van der Waals surface area contributed by atoms with Crippen molar-refractivity contribution in [2.24, 2.45) is 0 Å². The molecule has 0 amide bonds. The van der Waals surface area contributed by atoms with Gasteiger partial charge in [0, 0.05) is 23.9 Å². The molecule has 18 heavy (non-hydrogen) atoms.